The van der Waals surface area contributed by atoms with E-state index in [0.717, 1.165) is 57.1 Å². The number of nitrogens with zero attached hydrogens (tertiary/aromatic N) is 3. The van der Waals surface area contributed by atoms with Gasteiger partial charge in [0.15, 0.2) is 0 Å². The van der Waals surface area contributed by atoms with Gasteiger partial charge in [-0.1, -0.05) is 18.2 Å². The topological polar surface area (TPSA) is 11.4 Å². The van der Waals surface area contributed by atoms with Gasteiger partial charge in [-0.3, -0.25) is 0 Å². The van der Waals surface area contributed by atoms with Gasteiger partial charge >= 0.3 is 0 Å². The van der Waals surface area contributed by atoms with Crippen LogP contribution >= 0.6 is 0 Å². The molecular formula is C23H27F2N3. The molecule has 0 atom stereocenters. The first-order valence-corrected chi connectivity index (χ1v) is 10.0. The van der Waals surface area contributed by atoms with Crippen molar-refractivity contribution in [2.24, 2.45) is 0 Å². The van der Waals surface area contributed by atoms with Crippen molar-refractivity contribution in [1.29, 1.82) is 0 Å². The molecular weight excluding hydrogens is 356 g/mol. The molecule has 0 N–H and O–H groups in total. The molecule has 148 valence electrons. The third-order valence-corrected chi connectivity index (χ3v) is 5.66. The predicted molar refractivity (Wildman–Crippen MR) is 110 cm³/mol. The van der Waals surface area contributed by atoms with Crippen molar-refractivity contribution in [3.05, 3.63) is 71.4 Å². The van der Waals surface area contributed by atoms with Gasteiger partial charge in [0, 0.05) is 55.9 Å². The van der Waals surface area contributed by atoms with Crippen LogP contribution in [-0.4, -0.2) is 54.1 Å². The van der Waals surface area contributed by atoms with Crippen LogP contribution in [0.15, 0.2) is 48.7 Å². The van der Waals surface area contributed by atoms with Crippen molar-refractivity contribution in [3.8, 4) is 0 Å². The van der Waals surface area contributed by atoms with Gasteiger partial charge in [0.1, 0.15) is 11.6 Å². The summed E-state index contributed by atoms with van der Waals surface area (Å²) < 4.78 is 29.2. The molecule has 0 unspecified atom stereocenters. The number of halogens is 2. The molecule has 28 heavy (non-hydrogen) atoms. The molecule has 0 radical (unpaired) electrons. The molecule has 1 aliphatic heterocycles. The van der Waals surface area contributed by atoms with Crippen molar-refractivity contribution < 1.29 is 8.78 Å². The van der Waals surface area contributed by atoms with Gasteiger partial charge in [-0.25, -0.2) is 8.78 Å². The molecule has 0 aliphatic carbocycles. The number of aromatic nitrogens is 1. The molecule has 0 saturated carbocycles. The van der Waals surface area contributed by atoms with Crippen LogP contribution < -0.4 is 0 Å². The van der Waals surface area contributed by atoms with E-state index < -0.39 is 11.6 Å². The summed E-state index contributed by atoms with van der Waals surface area (Å²) in [6.45, 7) is 6.15. The molecule has 5 heteroatoms. The number of rotatable bonds is 6. The van der Waals surface area contributed by atoms with Crippen LogP contribution in [-0.2, 0) is 13.0 Å². The molecule has 4 rings (SSSR count). The summed E-state index contributed by atoms with van der Waals surface area (Å²) in [6.07, 6.45) is 4.28. The van der Waals surface area contributed by atoms with Gasteiger partial charge in [-0.05, 0) is 55.8 Å². The Bertz CT molecular complexity index is 922. The molecule has 3 nitrogen and oxygen atoms in total. The standard InChI is InChI=1S/C23H27F2N3/c1-26-9-11-27(12-10-26)8-4-5-19-17-28(23-7-3-2-6-22(19)23)16-18-13-20(24)15-21(25)14-18/h2-3,6-7,13-15,17H,4-5,8-12,16H2,1H3. The number of para-hydroxylation sites is 1. The summed E-state index contributed by atoms with van der Waals surface area (Å²) in [5.74, 6) is -1.06. The minimum atomic E-state index is -0.529. The smallest absolute Gasteiger partial charge is 0.126 e. The van der Waals surface area contributed by atoms with Crippen LogP contribution in [0.2, 0.25) is 0 Å². The van der Waals surface area contributed by atoms with Crippen LogP contribution in [0.3, 0.4) is 0 Å². The maximum atomic E-state index is 13.6. The fourth-order valence-corrected chi connectivity index (χ4v) is 4.12. The molecule has 1 aliphatic rings. The summed E-state index contributed by atoms with van der Waals surface area (Å²) in [5.41, 5.74) is 3.06. The summed E-state index contributed by atoms with van der Waals surface area (Å²) in [6, 6.07) is 12.0. The molecule has 0 bridgehead atoms. The second kappa shape index (κ2) is 8.41. The van der Waals surface area contributed by atoms with Gasteiger partial charge in [-0.15, -0.1) is 0 Å². The predicted octanol–water partition coefficient (Wildman–Crippen LogP) is 4.15. The van der Waals surface area contributed by atoms with Crippen molar-refractivity contribution in [2.45, 2.75) is 19.4 Å². The first-order chi connectivity index (χ1) is 13.6. The third kappa shape index (κ3) is 4.42. The minimum absolute atomic E-state index is 0.466. The largest absolute Gasteiger partial charge is 0.343 e. The van der Waals surface area contributed by atoms with Gasteiger partial charge < -0.3 is 14.4 Å². The highest BCUT2D eigenvalue weighted by Crippen LogP contribution is 2.24. The number of hydrogen-bond acceptors (Lipinski definition) is 2. The van der Waals surface area contributed by atoms with Gasteiger partial charge in [-0.2, -0.15) is 0 Å². The van der Waals surface area contributed by atoms with Crippen LogP contribution in [0.4, 0.5) is 8.78 Å². The molecule has 1 aromatic heterocycles. The second-order valence-electron chi connectivity index (χ2n) is 7.83. The molecule has 0 amide bonds. The van der Waals surface area contributed by atoms with Crippen LogP contribution in [0, 0.1) is 11.6 Å². The van der Waals surface area contributed by atoms with Crippen LogP contribution in [0.5, 0.6) is 0 Å². The highest BCUT2D eigenvalue weighted by Gasteiger charge is 2.14. The fourth-order valence-electron chi connectivity index (χ4n) is 4.12. The Labute approximate surface area is 165 Å². The summed E-state index contributed by atoms with van der Waals surface area (Å²) >= 11 is 0. The Morgan fingerprint density at radius 3 is 2.39 bits per heavy atom. The van der Waals surface area contributed by atoms with E-state index in [4.69, 9.17) is 0 Å². The Kier molecular flexibility index (Phi) is 5.74. The van der Waals surface area contributed by atoms with E-state index in [1.807, 2.05) is 6.07 Å². The average molecular weight is 383 g/mol. The molecule has 2 heterocycles. The van der Waals surface area contributed by atoms with Crippen molar-refractivity contribution in [1.82, 2.24) is 14.4 Å². The molecule has 1 saturated heterocycles. The van der Waals surface area contributed by atoms with Crippen molar-refractivity contribution in [2.75, 3.05) is 39.8 Å². The normalized spacial score (nSPS) is 16.1. The highest BCUT2D eigenvalue weighted by atomic mass is 19.1. The lowest BCUT2D eigenvalue weighted by atomic mass is 10.1. The number of fused-ring (bicyclic) bond motifs is 1. The van der Waals surface area contributed by atoms with E-state index in [1.165, 1.54) is 23.1 Å². The lowest BCUT2D eigenvalue weighted by molar-refractivity contribution is 0.153. The van der Waals surface area contributed by atoms with Gasteiger partial charge in [0.25, 0.3) is 0 Å². The third-order valence-electron chi connectivity index (χ3n) is 5.66. The molecule has 3 aromatic rings. The van der Waals surface area contributed by atoms with Crippen LogP contribution in [0.1, 0.15) is 17.5 Å². The number of hydrogen-bond donors (Lipinski definition) is 0. The maximum absolute atomic E-state index is 13.6. The van der Waals surface area contributed by atoms with Gasteiger partial charge in [0.05, 0.1) is 0 Å². The Hall–Kier alpha value is -2.24. The zero-order chi connectivity index (χ0) is 19.5. The highest BCUT2D eigenvalue weighted by molar-refractivity contribution is 5.84. The van der Waals surface area contributed by atoms with E-state index >= 15 is 0 Å². The van der Waals surface area contributed by atoms with Gasteiger partial charge in [0.2, 0.25) is 0 Å². The molecule has 2 aromatic carbocycles. The Balaban J connectivity index is 1.48. The number of piperazine rings is 1. The zero-order valence-corrected chi connectivity index (χ0v) is 16.4. The first-order valence-electron chi connectivity index (χ1n) is 10.0. The molecule has 1 fully saturated rings. The number of likely N-dealkylation sites (N-methyl/N-ethyl adjacent to an activating group) is 1. The fraction of sp³-hybridized carbons (Fsp3) is 0.391. The SMILES string of the molecule is CN1CCN(CCCc2cn(Cc3cc(F)cc(F)c3)c3ccccc23)CC1. The Morgan fingerprint density at radius 1 is 0.929 bits per heavy atom. The lowest BCUT2D eigenvalue weighted by Crippen LogP contribution is -2.44. The average Bonchev–Trinajstić information content (AvgIpc) is 3.00. The second-order valence-corrected chi connectivity index (χ2v) is 7.83. The van der Waals surface area contributed by atoms with Crippen molar-refractivity contribution >= 4 is 10.9 Å². The Morgan fingerprint density at radius 2 is 1.64 bits per heavy atom. The van der Waals surface area contributed by atoms with E-state index in [1.54, 1.807) is 0 Å². The maximum Gasteiger partial charge on any atom is 0.126 e. The lowest BCUT2D eigenvalue weighted by Gasteiger charge is -2.32. The summed E-state index contributed by atoms with van der Waals surface area (Å²) in [4.78, 5) is 4.91. The first kappa shape index (κ1) is 19.1. The minimum Gasteiger partial charge on any atom is -0.343 e. The van der Waals surface area contributed by atoms with E-state index in [2.05, 4.69) is 45.8 Å². The zero-order valence-electron chi connectivity index (χ0n) is 16.4. The van der Waals surface area contributed by atoms with Crippen LogP contribution in [0.25, 0.3) is 10.9 Å². The summed E-state index contributed by atoms with van der Waals surface area (Å²) in [7, 11) is 2.18. The number of benzene rings is 2. The summed E-state index contributed by atoms with van der Waals surface area (Å²) in [5, 5.41) is 1.23. The number of aryl methyl sites for hydroxylation is 1. The van der Waals surface area contributed by atoms with E-state index in [0.29, 0.717) is 12.1 Å². The quantitative estimate of drug-likeness (QED) is 0.634. The van der Waals surface area contributed by atoms with E-state index in [9.17, 15) is 8.78 Å². The monoisotopic (exact) mass is 383 g/mol. The molecule has 0 spiro atoms. The van der Waals surface area contributed by atoms with Crippen molar-refractivity contribution in [3.63, 3.8) is 0 Å². The van der Waals surface area contributed by atoms with E-state index in [-0.39, 0.29) is 0 Å².